The summed E-state index contributed by atoms with van der Waals surface area (Å²) in [5.74, 6) is -0.321. The van der Waals surface area contributed by atoms with Crippen LogP contribution in [0.4, 0.5) is 10.1 Å². The standard InChI is InChI=1S/C30H31FN2O5/c1-21(34)37-29-19-22(7-13-27(29)31)8-14-30(35)32-28-6-4-3-5-23(28)20-36-24-9-11-25(12-10-24)38-26-15-17-33(2)18-16-26/h3-14,19,26H,15-18,20H2,1-2H3,(H,32,35). The van der Waals surface area contributed by atoms with Crippen molar-refractivity contribution in [1.29, 1.82) is 0 Å². The van der Waals surface area contributed by atoms with E-state index >= 15 is 0 Å². The molecule has 0 unspecified atom stereocenters. The number of rotatable bonds is 9. The number of piperidine rings is 1. The lowest BCUT2D eigenvalue weighted by atomic mass is 10.1. The molecule has 7 nitrogen and oxygen atoms in total. The lowest BCUT2D eigenvalue weighted by Gasteiger charge is -2.29. The Labute approximate surface area is 221 Å². The van der Waals surface area contributed by atoms with Gasteiger partial charge in [0.25, 0.3) is 0 Å². The van der Waals surface area contributed by atoms with Crippen LogP contribution >= 0.6 is 0 Å². The quantitative estimate of drug-likeness (QED) is 0.231. The molecule has 0 atom stereocenters. The zero-order chi connectivity index (χ0) is 26.9. The number of ether oxygens (including phenoxy) is 3. The van der Waals surface area contributed by atoms with Gasteiger partial charge in [-0.2, -0.15) is 0 Å². The lowest BCUT2D eigenvalue weighted by Crippen LogP contribution is -2.35. The van der Waals surface area contributed by atoms with Crippen molar-refractivity contribution in [3.63, 3.8) is 0 Å². The van der Waals surface area contributed by atoms with Crippen LogP contribution < -0.4 is 19.5 Å². The third-order valence-corrected chi connectivity index (χ3v) is 6.10. The molecule has 1 N–H and O–H groups in total. The van der Waals surface area contributed by atoms with Gasteiger partial charge in [-0.15, -0.1) is 0 Å². The van der Waals surface area contributed by atoms with Gasteiger partial charge in [0.05, 0.1) is 0 Å². The van der Waals surface area contributed by atoms with Gasteiger partial charge < -0.3 is 24.4 Å². The van der Waals surface area contributed by atoms with E-state index in [1.165, 1.54) is 37.3 Å². The van der Waals surface area contributed by atoms with Gasteiger partial charge in [-0.25, -0.2) is 4.39 Å². The number of hydrogen-bond acceptors (Lipinski definition) is 6. The molecule has 0 radical (unpaired) electrons. The average molecular weight is 519 g/mol. The number of nitrogens with one attached hydrogen (secondary N) is 1. The minimum atomic E-state index is -0.657. The van der Waals surface area contributed by atoms with E-state index in [1.54, 1.807) is 6.07 Å². The zero-order valence-corrected chi connectivity index (χ0v) is 21.5. The normalized spacial score (nSPS) is 14.3. The number of likely N-dealkylation sites (tertiary alicyclic amines) is 1. The van der Waals surface area contributed by atoms with Crippen molar-refractivity contribution in [2.24, 2.45) is 0 Å². The van der Waals surface area contributed by atoms with Crippen LogP contribution in [0.5, 0.6) is 17.2 Å². The van der Waals surface area contributed by atoms with Gasteiger partial charge in [0, 0.05) is 37.3 Å². The molecule has 38 heavy (non-hydrogen) atoms. The van der Waals surface area contributed by atoms with Crippen LogP contribution in [0.25, 0.3) is 6.08 Å². The van der Waals surface area contributed by atoms with E-state index in [-0.39, 0.29) is 24.4 Å². The Hall–Kier alpha value is -4.17. The molecule has 8 heteroatoms. The van der Waals surface area contributed by atoms with Crippen molar-refractivity contribution in [2.75, 3.05) is 25.5 Å². The molecule has 0 aromatic heterocycles. The second kappa shape index (κ2) is 12.9. The van der Waals surface area contributed by atoms with E-state index in [0.717, 1.165) is 37.2 Å². The first-order chi connectivity index (χ1) is 18.4. The van der Waals surface area contributed by atoms with Crippen molar-refractivity contribution >= 4 is 23.6 Å². The van der Waals surface area contributed by atoms with Crippen molar-refractivity contribution in [3.05, 3.63) is 89.8 Å². The number of carbonyl (C=O) groups excluding carboxylic acids is 2. The Morgan fingerprint density at radius 3 is 2.47 bits per heavy atom. The monoisotopic (exact) mass is 518 g/mol. The predicted octanol–water partition coefficient (Wildman–Crippen LogP) is 5.45. The minimum absolute atomic E-state index is 0.191. The van der Waals surface area contributed by atoms with E-state index in [0.29, 0.717) is 17.0 Å². The number of anilines is 1. The van der Waals surface area contributed by atoms with E-state index in [9.17, 15) is 14.0 Å². The number of carbonyl (C=O) groups is 2. The minimum Gasteiger partial charge on any atom is -0.490 e. The molecular formula is C30H31FN2O5. The number of amides is 1. The molecule has 4 rings (SSSR count). The summed E-state index contributed by atoms with van der Waals surface area (Å²) in [4.78, 5) is 26.0. The first kappa shape index (κ1) is 26.9. The Kier molecular flexibility index (Phi) is 9.11. The molecule has 3 aromatic carbocycles. The molecule has 198 valence electrons. The summed E-state index contributed by atoms with van der Waals surface area (Å²) in [6.45, 7) is 3.54. The highest BCUT2D eigenvalue weighted by Crippen LogP contribution is 2.24. The molecule has 0 spiro atoms. The van der Waals surface area contributed by atoms with Crippen LogP contribution in [0.3, 0.4) is 0 Å². The molecule has 0 bridgehead atoms. The van der Waals surface area contributed by atoms with Gasteiger partial charge in [0.1, 0.15) is 24.2 Å². The maximum absolute atomic E-state index is 13.8. The SMILES string of the molecule is CC(=O)Oc1cc(C=CC(=O)Nc2ccccc2COc2ccc(OC3CCN(C)CC3)cc2)ccc1F. The third kappa shape index (κ3) is 7.91. The van der Waals surface area contributed by atoms with Crippen LogP contribution in [0.1, 0.15) is 30.9 Å². The molecule has 1 fully saturated rings. The highest BCUT2D eigenvalue weighted by molar-refractivity contribution is 6.02. The van der Waals surface area contributed by atoms with Crippen molar-refractivity contribution < 1.29 is 28.2 Å². The summed E-state index contributed by atoms with van der Waals surface area (Å²) in [5, 5.41) is 2.84. The fourth-order valence-electron chi connectivity index (χ4n) is 4.04. The molecule has 1 saturated heterocycles. The zero-order valence-electron chi connectivity index (χ0n) is 21.5. The Bertz CT molecular complexity index is 1280. The highest BCUT2D eigenvalue weighted by Gasteiger charge is 2.18. The molecule has 1 amide bonds. The van der Waals surface area contributed by atoms with Crippen molar-refractivity contribution in [2.45, 2.75) is 32.5 Å². The summed E-state index contributed by atoms with van der Waals surface area (Å²) in [7, 11) is 2.13. The Morgan fingerprint density at radius 2 is 1.74 bits per heavy atom. The Balaban J connectivity index is 1.32. The predicted molar refractivity (Wildman–Crippen MR) is 144 cm³/mol. The smallest absolute Gasteiger partial charge is 0.308 e. The van der Waals surface area contributed by atoms with Gasteiger partial charge in [-0.3, -0.25) is 9.59 Å². The summed E-state index contributed by atoms with van der Waals surface area (Å²) < 4.78 is 30.7. The molecule has 1 aliphatic rings. The van der Waals surface area contributed by atoms with Gasteiger partial charge in [-0.05, 0) is 74.0 Å². The molecule has 1 heterocycles. The van der Waals surface area contributed by atoms with Crippen LogP contribution in [-0.2, 0) is 16.2 Å². The van der Waals surface area contributed by atoms with Crippen LogP contribution in [-0.4, -0.2) is 43.0 Å². The summed E-state index contributed by atoms with van der Waals surface area (Å²) in [6.07, 6.45) is 5.11. The Morgan fingerprint density at radius 1 is 1.03 bits per heavy atom. The van der Waals surface area contributed by atoms with Gasteiger partial charge in [-0.1, -0.05) is 24.3 Å². The summed E-state index contributed by atoms with van der Waals surface area (Å²) in [6, 6.07) is 19.0. The fraction of sp³-hybridized carbons (Fsp3) is 0.267. The molecule has 0 saturated carbocycles. The maximum atomic E-state index is 13.8. The average Bonchev–Trinajstić information content (AvgIpc) is 2.90. The van der Waals surface area contributed by atoms with Crippen LogP contribution in [0.2, 0.25) is 0 Å². The molecule has 0 aliphatic carbocycles. The number of para-hydroxylation sites is 1. The molecule has 1 aliphatic heterocycles. The topological polar surface area (TPSA) is 77.1 Å². The van der Waals surface area contributed by atoms with Gasteiger partial charge in [0.2, 0.25) is 5.91 Å². The van der Waals surface area contributed by atoms with Gasteiger partial charge >= 0.3 is 5.97 Å². The first-order valence-corrected chi connectivity index (χ1v) is 12.5. The van der Waals surface area contributed by atoms with Crippen molar-refractivity contribution in [1.82, 2.24) is 4.90 Å². The second-order valence-electron chi connectivity index (χ2n) is 9.14. The lowest BCUT2D eigenvalue weighted by molar-refractivity contribution is -0.132. The number of benzene rings is 3. The summed E-state index contributed by atoms with van der Waals surface area (Å²) >= 11 is 0. The number of nitrogens with zero attached hydrogens (tertiary/aromatic N) is 1. The van der Waals surface area contributed by atoms with E-state index in [1.807, 2.05) is 42.5 Å². The van der Waals surface area contributed by atoms with Gasteiger partial charge in [0.15, 0.2) is 11.6 Å². The van der Waals surface area contributed by atoms with E-state index in [4.69, 9.17) is 14.2 Å². The molecular weight excluding hydrogens is 487 g/mol. The largest absolute Gasteiger partial charge is 0.490 e. The second-order valence-corrected chi connectivity index (χ2v) is 9.14. The van der Waals surface area contributed by atoms with E-state index < -0.39 is 11.8 Å². The third-order valence-electron chi connectivity index (χ3n) is 6.10. The maximum Gasteiger partial charge on any atom is 0.308 e. The number of hydrogen-bond donors (Lipinski definition) is 1. The first-order valence-electron chi connectivity index (χ1n) is 12.5. The highest BCUT2D eigenvalue weighted by atomic mass is 19.1. The van der Waals surface area contributed by atoms with E-state index in [2.05, 4.69) is 17.3 Å². The molecule has 3 aromatic rings. The fourth-order valence-corrected chi connectivity index (χ4v) is 4.04. The van der Waals surface area contributed by atoms with Crippen LogP contribution in [0.15, 0.2) is 72.8 Å². The number of halogens is 1. The summed E-state index contributed by atoms with van der Waals surface area (Å²) in [5.41, 5.74) is 1.93. The van der Waals surface area contributed by atoms with Crippen LogP contribution in [0, 0.1) is 5.82 Å². The number of esters is 1. The van der Waals surface area contributed by atoms with Crippen molar-refractivity contribution in [3.8, 4) is 17.2 Å².